The standard InChI is InChI=1S/C47H43ClN10O6S/c1-24-26(3)65-47-39(24)41(29-13-15-31(48)16-14-29)53-35(43-56-55-27(4)57(43)47)21-38(60)52-25(2)28-9-11-30(12-10-28)42-50-22-32(23-51-42)64-20-6-19-49-34-8-5-7-33-40(34)46(63)58(45(33)62)36-17-18-37(59)54-44(36)61/h5,7-16,22-23,25,35-36,49H,6,17-21H2,1-4H3,(H,52,60)(H,54,59,61)/t25-,35-,36?/m0/s1. The molecule has 0 bridgehead atoms. The summed E-state index contributed by atoms with van der Waals surface area (Å²) in [6.07, 6.45) is 3.95. The molecular weight excluding hydrogens is 868 g/mol. The number of ether oxygens (including phenoxy) is 1. The first-order chi connectivity index (χ1) is 31.4. The fraction of sp³-hybridized carbons (Fsp3) is 0.277. The third-order valence-electron chi connectivity index (χ3n) is 11.8. The van der Waals surface area contributed by atoms with Crippen LogP contribution in [-0.2, 0) is 14.4 Å². The highest BCUT2D eigenvalue weighted by Crippen LogP contribution is 2.40. The van der Waals surface area contributed by atoms with Crippen molar-refractivity contribution in [1.29, 1.82) is 0 Å². The summed E-state index contributed by atoms with van der Waals surface area (Å²) in [6, 6.07) is 18.3. The van der Waals surface area contributed by atoms with Crippen LogP contribution in [0.3, 0.4) is 0 Å². The number of nitrogens with one attached hydrogen (secondary N) is 3. The van der Waals surface area contributed by atoms with Crippen LogP contribution in [0, 0.1) is 20.8 Å². The lowest BCUT2D eigenvalue weighted by atomic mass is 9.99. The minimum atomic E-state index is -1.03. The third-order valence-corrected chi connectivity index (χ3v) is 13.2. The number of piperidine rings is 1. The lowest BCUT2D eigenvalue weighted by molar-refractivity contribution is -0.136. The maximum Gasteiger partial charge on any atom is 0.264 e. The van der Waals surface area contributed by atoms with Gasteiger partial charge in [0.05, 0.1) is 48.3 Å². The number of amides is 5. The normalized spacial score (nSPS) is 17.1. The van der Waals surface area contributed by atoms with Crippen LogP contribution in [0.15, 0.2) is 84.1 Å². The molecule has 3 aliphatic heterocycles. The molecule has 16 nitrogen and oxygen atoms in total. The number of fused-ring (bicyclic) bond motifs is 4. The second kappa shape index (κ2) is 17.8. The number of aryl methyl sites for hydroxylation is 2. The number of aliphatic imine (C=N–C) groups is 1. The first-order valence-corrected chi connectivity index (χ1v) is 22.3. The Morgan fingerprint density at radius 3 is 2.42 bits per heavy atom. The second-order valence-corrected chi connectivity index (χ2v) is 17.7. The molecular formula is C47H43ClN10O6S. The van der Waals surface area contributed by atoms with Gasteiger partial charge in [0.25, 0.3) is 11.8 Å². The predicted molar refractivity (Wildman–Crippen MR) is 244 cm³/mol. The van der Waals surface area contributed by atoms with Gasteiger partial charge in [-0.25, -0.2) is 9.97 Å². The molecule has 9 rings (SSSR count). The Morgan fingerprint density at radius 1 is 0.938 bits per heavy atom. The highest BCUT2D eigenvalue weighted by Gasteiger charge is 2.45. The average molecular weight is 911 g/mol. The van der Waals surface area contributed by atoms with Crippen LogP contribution in [0.25, 0.3) is 16.4 Å². The average Bonchev–Trinajstić information content (AvgIpc) is 3.87. The quantitative estimate of drug-likeness (QED) is 0.0812. The molecule has 5 amide bonds. The van der Waals surface area contributed by atoms with Crippen LogP contribution in [0.4, 0.5) is 5.69 Å². The summed E-state index contributed by atoms with van der Waals surface area (Å²) in [7, 11) is 0. The Morgan fingerprint density at radius 2 is 1.68 bits per heavy atom. The number of hydrogen-bond donors (Lipinski definition) is 3. The molecule has 1 saturated heterocycles. The van der Waals surface area contributed by atoms with Crippen molar-refractivity contribution in [2.75, 3.05) is 18.5 Å². The smallest absolute Gasteiger partial charge is 0.264 e. The van der Waals surface area contributed by atoms with Crippen LogP contribution in [0.1, 0.15) is 104 Å². The van der Waals surface area contributed by atoms with Gasteiger partial charge in [0.15, 0.2) is 17.4 Å². The van der Waals surface area contributed by atoms with Gasteiger partial charge < -0.3 is 15.4 Å². The van der Waals surface area contributed by atoms with E-state index in [1.54, 1.807) is 41.9 Å². The lowest BCUT2D eigenvalue weighted by Gasteiger charge is -2.27. The Bertz CT molecular complexity index is 2910. The number of anilines is 1. The molecule has 3 aromatic heterocycles. The summed E-state index contributed by atoms with van der Waals surface area (Å²) in [5, 5.41) is 19.1. The Balaban J connectivity index is 0.788. The van der Waals surface area contributed by atoms with Crippen molar-refractivity contribution in [2.24, 2.45) is 4.99 Å². The summed E-state index contributed by atoms with van der Waals surface area (Å²) >= 11 is 7.92. The molecule has 0 saturated carbocycles. The number of carbonyl (C=O) groups is 5. The molecule has 3 aromatic carbocycles. The molecule has 6 heterocycles. The maximum atomic E-state index is 13.7. The zero-order chi connectivity index (χ0) is 45.5. The van der Waals surface area contributed by atoms with Crippen LogP contribution in [0.2, 0.25) is 5.02 Å². The van der Waals surface area contributed by atoms with Crippen molar-refractivity contribution in [1.82, 2.24) is 40.3 Å². The summed E-state index contributed by atoms with van der Waals surface area (Å²) in [4.78, 5) is 80.7. The SMILES string of the molecule is Cc1sc2c(c1C)C(c1ccc(Cl)cc1)=N[C@@H](CC(=O)N[C@@H](C)c1ccc(-c3ncc(OCCCNc4cccc5c4C(=O)N(C4CCC(=O)NC4=O)C5=O)cn3)cc1)c1nnc(C)n1-2. The van der Waals surface area contributed by atoms with Crippen molar-refractivity contribution < 1.29 is 28.7 Å². The number of rotatable bonds is 13. The summed E-state index contributed by atoms with van der Waals surface area (Å²) in [5.74, 6) is -0.0643. The van der Waals surface area contributed by atoms with E-state index in [-0.39, 0.29) is 42.3 Å². The van der Waals surface area contributed by atoms with E-state index in [1.165, 1.54) is 4.88 Å². The van der Waals surface area contributed by atoms with Crippen LogP contribution >= 0.6 is 22.9 Å². The third kappa shape index (κ3) is 8.39. The van der Waals surface area contributed by atoms with E-state index in [1.807, 2.05) is 66.9 Å². The van der Waals surface area contributed by atoms with Gasteiger partial charge in [-0.2, -0.15) is 0 Å². The molecule has 6 aromatic rings. The van der Waals surface area contributed by atoms with Crippen molar-refractivity contribution in [3.63, 3.8) is 0 Å². The number of hydrogen-bond acceptors (Lipinski definition) is 13. The molecule has 330 valence electrons. The van der Waals surface area contributed by atoms with E-state index in [9.17, 15) is 24.0 Å². The fourth-order valence-electron chi connectivity index (χ4n) is 8.30. The fourth-order valence-corrected chi connectivity index (χ4v) is 9.64. The van der Waals surface area contributed by atoms with Gasteiger partial charge >= 0.3 is 0 Å². The van der Waals surface area contributed by atoms with Gasteiger partial charge in [-0.15, -0.1) is 21.5 Å². The molecule has 3 aliphatic rings. The number of aromatic nitrogens is 5. The maximum absolute atomic E-state index is 13.7. The molecule has 0 aliphatic carbocycles. The molecule has 1 fully saturated rings. The number of carbonyl (C=O) groups excluding carboxylic acids is 5. The highest BCUT2D eigenvalue weighted by molar-refractivity contribution is 7.15. The van der Waals surface area contributed by atoms with E-state index in [4.69, 9.17) is 21.3 Å². The Kier molecular flexibility index (Phi) is 11.8. The molecule has 0 spiro atoms. The molecule has 65 heavy (non-hydrogen) atoms. The van der Waals surface area contributed by atoms with Crippen LogP contribution in [-0.4, -0.2) is 84.1 Å². The Labute approximate surface area is 382 Å². The van der Waals surface area contributed by atoms with Gasteiger partial charge in [-0.1, -0.05) is 54.1 Å². The molecule has 3 atom stereocenters. The number of benzene rings is 3. The predicted octanol–water partition coefficient (Wildman–Crippen LogP) is 6.81. The number of nitrogens with zero attached hydrogens (tertiary/aromatic N) is 7. The number of thiophene rings is 1. The zero-order valence-corrected chi connectivity index (χ0v) is 37.4. The summed E-state index contributed by atoms with van der Waals surface area (Å²) in [6.45, 7) is 8.78. The molecule has 3 N–H and O–H groups in total. The van der Waals surface area contributed by atoms with E-state index < -0.39 is 35.7 Å². The lowest BCUT2D eigenvalue weighted by Crippen LogP contribution is -2.54. The largest absolute Gasteiger partial charge is 0.490 e. The van der Waals surface area contributed by atoms with Crippen molar-refractivity contribution >= 4 is 63.9 Å². The topological polar surface area (TPSA) is 203 Å². The van der Waals surface area contributed by atoms with Gasteiger partial charge in [0.1, 0.15) is 22.9 Å². The van der Waals surface area contributed by atoms with Gasteiger partial charge in [0.2, 0.25) is 17.7 Å². The number of halogens is 1. The molecule has 0 radical (unpaired) electrons. The van der Waals surface area contributed by atoms with Crippen molar-refractivity contribution in [3.05, 3.63) is 134 Å². The second-order valence-electron chi connectivity index (χ2n) is 16.1. The molecule has 1 unspecified atom stereocenters. The highest BCUT2D eigenvalue weighted by atomic mass is 35.5. The first-order valence-electron chi connectivity index (χ1n) is 21.2. The summed E-state index contributed by atoms with van der Waals surface area (Å²) in [5.41, 5.74) is 6.39. The van der Waals surface area contributed by atoms with E-state index in [2.05, 4.69) is 50.0 Å². The van der Waals surface area contributed by atoms with Crippen LogP contribution in [0.5, 0.6) is 5.75 Å². The minimum absolute atomic E-state index is 0.0512. The molecule has 18 heteroatoms. The summed E-state index contributed by atoms with van der Waals surface area (Å²) < 4.78 is 7.91. The van der Waals surface area contributed by atoms with Crippen molar-refractivity contribution in [2.45, 2.75) is 71.5 Å². The minimum Gasteiger partial charge on any atom is -0.490 e. The van der Waals surface area contributed by atoms with Crippen molar-refractivity contribution in [3.8, 4) is 22.1 Å². The van der Waals surface area contributed by atoms with Gasteiger partial charge in [-0.3, -0.25) is 43.7 Å². The van der Waals surface area contributed by atoms with E-state index in [0.29, 0.717) is 47.7 Å². The first kappa shape index (κ1) is 43.2. The monoisotopic (exact) mass is 910 g/mol. The van der Waals surface area contributed by atoms with E-state index in [0.717, 1.165) is 49.3 Å². The Hall–Kier alpha value is -7.11. The number of imide groups is 2. The van der Waals surface area contributed by atoms with Crippen LogP contribution < -0.4 is 20.7 Å². The van der Waals surface area contributed by atoms with Gasteiger partial charge in [-0.05, 0) is 75.9 Å². The zero-order valence-electron chi connectivity index (χ0n) is 35.8. The van der Waals surface area contributed by atoms with Gasteiger partial charge in [0, 0.05) is 45.2 Å². The van der Waals surface area contributed by atoms with E-state index >= 15 is 0 Å².